The van der Waals surface area contributed by atoms with Crippen LogP contribution in [0.3, 0.4) is 0 Å². The third-order valence-electron chi connectivity index (χ3n) is 4.04. The van der Waals surface area contributed by atoms with E-state index < -0.39 is 0 Å². The van der Waals surface area contributed by atoms with E-state index in [1.165, 1.54) is 11.3 Å². The van der Waals surface area contributed by atoms with Crippen molar-refractivity contribution in [2.75, 3.05) is 31.6 Å². The fourth-order valence-corrected chi connectivity index (χ4v) is 3.35. The van der Waals surface area contributed by atoms with Crippen LogP contribution >= 0.6 is 0 Å². The molecule has 0 radical (unpaired) electrons. The Morgan fingerprint density at radius 1 is 1.35 bits per heavy atom. The number of ether oxygens (including phenoxy) is 1. The zero-order valence-corrected chi connectivity index (χ0v) is 12.9. The Balaban J connectivity index is 1.94. The lowest BCUT2D eigenvalue weighted by molar-refractivity contribution is -0.0752. The van der Waals surface area contributed by atoms with Gasteiger partial charge in [-0.05, 0) is 27.8 Å². The van der Waals surface area contributed by atoms with Gasteiger partial charge in [-0.15, -0.1) is 0 Å². The second kappa shape index (κ2) is 4.97. The zero-order valence-electron chi connectivity index (χ0n) is 12.9. The van der Waals surface area contributed by atoms with Crippen LogP contribution in [0.4, 0.5) is 5.82 Å². The third-order valence-corrected chi connectivity index (χ3v) is 4.04. The summed E-state index contributed by atoms with van der Waals surface area (Å²) in [6.45, 7) is 10.2. The molecule has 1 aromatic heterocycles. The Bertz CT molecular complexity index is 503. The summed E-state index contributed by atoms with van der Waals surface area (Å²) in [5, 5.41) is 0. The van der Waals surface area contributed by atoms with Gasteiger partial charge < -0.3 is 14.5 Å². The topological polar surface area (TPSA) is 41.5 Å². The standard InChI is InChI=1S/C15H24N4O/c1-11-7-19(9-15(2,3)20-11)14-12-8-18(4)6-5-13(12)16-10-17-14/h10-11H,5-9H2,1-4H3. The van der Waals surface area contributed by atoms with Gasteiger partial charge in [0.1, 0.15) is 12.1 Å². The molecule has 1 aromatic rings. The molecule has 2 aliphatic rings. The molecule has 2 aliphatic heterocycles. The van der Waals surface area contributed by atoms with Crippen molar-refractivity contribution < 1.29 is 4.74 Å². The van der Waals surface area contributed by atoms with Crippen LogP contribution in [0.25, 0.3) is 0 Å². The predicted octanol–water partition coefficient (Wildman–Crippen LogP) is 1.47. The fourth-order valence-electron chi connectivity index (χ4n) is 3.35. The van der Waals surface area contributed by atoms with Crippen LogP contribution < -0.4 is 4.90 Å². The van der Waals surface area contributed by atoms with E-state index in [1.54, 1.807) is 6.33 Å². The number of rotatable bonds is 1. The number of likely N-dealkylation sites (N-methyl/N-ethyl adjacent to an activating group) is 1. The van der Waals surface area contributed by atoms with Crippen molar-refractivity contribution >= 4 is 5.82 Å². The second-order valence-electron chi connectivity index (χ2n) is 6.68. The minimum absolute atomic E-state index is 0.129. The zero-order chi connectivity index (χ0) is 14.3. The molecule has 0 N–H and O–H groups in total. The van der Waals surface area contributed by atoms with Crippen molar-refractivity contribution in [3.63, 3.8) is 0 Å². The van der Waals surface area contributed by atoms with Crippen molar-refractivity contribution in [2.24, 2.45) is 0 Å². The lowest BCUT2D eigenvalue weighted by atomic mass is 10.0. The predicted molar refractivity (Wildman–Crippen MR) is 78.9 cm³/mol. The van der Waals surface area contributed by atoms with Gasteiger partial charge in [-0.25, -0.2) is 9.97 Å². The van der Waals surface area contributed by atoms with Crippen LogP contribution in [0.5, 0.6) is 0 Å². The number of morpholine rings is 1. The third kappa shape index (κ3) is 2.65. The lowest BCUT2D eigenvalue weighted by Gasteiger charge is -2.43. The highest BCUT2D eigenvalue weighted by Crippen LogP contribution is 2.30. The average Bonchev–Trinajstić information content (AvgIpc) is 2.35. The van der Waals surface area contributed by atoms with Crippen molar-refractivity contribution in [1.82, 2.24) is 14.9 Å². The van der Waals surface area contributed by atoms with Gasteiger partial charge in [-0.3, -0.25) is 0 Å². The summed E-state index contributed by atoms with van der Waals surface area (Å²) >= 11 is 0. The van der Waals surface area contributed by atoms with Crippen molar-refractivity contribution in [3.8, 4) is 0 Å². The van der Waals surface area contributed by atoms with E-state index in [9.17, 15) is 0 Å². The fraction of sp³-hybridized carbons (Fsp3) is 0.733. The molecular formula is C15H24N4O. The first-order valence-corrected chi connectivity index (χ1v) is 7.39. The van der Waals surface area contributed by atoms with Crippen LogP contribution in [-0.2, 0) is 17.7 Å². The van der Waals surface area contributed by atoms with E-state index in [2.05, 4.69) is 47.6 Å². The Kier molecular flexibility index (Phi) is 3.42. The lowest BCUT2D eigenvalue weighted by Crippen LogP contribution is -2.52. The van der Waals surface area contributed by atoms with Gasteiger partial charge in [-0.2, -0.15) is 0 Å². The van der Waals surface area contributed by atoms with E-state index >= 15 is 0 Å². The molecule has 3 rings (SSSR count). The summed E-state index contributed by atoms with van der Waals surface area (Å²) in [6.07, 6.45) is 2.96. The molecule has 0 saturated carbocycles. The van der Waals surface area contributed by atoms with Crippen LogP contribution in [0.1, 0.15) is 32.0 Å². The van der Waals surface area contributed by atoms with Crippen molar-refractivity contribution in [2.45, 2.75) is 45.4 Å². The normalized spacial score (nSPS) is 26.4. The average molecular weight is 276 g/mol. The van der Waals surface area contributed by atoms with E-state index in [0.717, 1.165) is 38.4 Å². The molecule has 5 nitrogen and oxygen atoms in total. The van der Waals surface area contributed by atoms with Gasteiger partial charge in [-0.1, -0.05) is 0 Å². The van der Waals surface area contributed by atoms with Gasteiger partial charge in [0, 0.05) is 38.2 Å². The number of hydrogen-bond donors (Lipinski definition) is 0. The summed E-state index contributed by atoms with van der Waals surface area (Å²) in [4.78, 5) is 13.8. The SMILES string of the molecule is CC1CN(c2ncnc3c2CN(C)CC3)CC(C)(C)O1. The van der Waals surface area contributed by atoms with Crippen molar-refractivity contribution in [1.29, 1.82) is 0 Å². The highest BCUT2D eigenvalue weighted by atomic mass is 16.5. The van der Waals surface area contributed by atoms with E-state index in [1.807, 2.05) is 0 Å². The Labute approximate surface area is 121 Å². The summed E-state index contributed by atoms with van der Waals surface area (Å²) < 4.78 is 6.00. The van der Waals surface area contributed by atoms with Crippen LogP contribution in [0.15, 0.2) is 6.33 Å². The van der Waals surface area contributed by atoms with Crippen LogP contribution in [0, 0.1) is 0 Å². The first-order chi connectivity index (χ1) is 9.44. The van der Waals surface area contributed by atoms with Gasteiger partial charge >= 0.3 is 0 Å². The Hall–Kier alpha value is -1.20. The maximum Gasteiger partial charge on any atom is 0.136 e. The van der Waals surface area contributed by atoms with E-state index in [0.29, 0.717) is 0 Å². The van der Waals surface area contributed by atoms with Crippen molar-refractivity contribution in [3.05, 3.63) is 17.6 Å². The number of anilines is 1. The first kappa shape index (κ1) is 13.8. The molecule has 1 unspecified atom stereocenters. The minimum Gasteiger partial charge on any atom is -0.369 e. The summed E-state index contributed by atoms with van der Waals surface area (Å²) in [5.74, 6) is 1.10. The molecule has 0 aromatic carbocycles. The molecule has 0 spiro atoms. The minimum atomic E-state index is -0.129. The molecule has 3 heterocycles. The van der Waals surface area contributed by atoms with Crippen LogP contribution in [0.2, 0.25) is 0 Å². The molecule has 110 valence electrons. The summed E-state index contributed by atoms with van der Waals surface area (Å²) in [5.41, 5.74) is 2.38. The van der Waals surface area contributed by atoms with Crippen LogP contribution in [-0.4, -0.2) is 53.3 Å². The monoisotopic (exact) mass is 276 g/mol. The smallest absolute Gasteiger partial charge is 0.136 e. The number of nitrogens with zero attached hydrogens (tertiary/aromatic N) is 4. The molecule has 0 amide bonds. The molecule has 1 fully saturated rings. The maximum atomic E-state index is 6.00. The van der Waals surface area contributed by atoms with E-state index in [-0.39, 0.29) is 11.7 Å². The quantitative estimate of drug-likeness (QED) is 0.777. The number of aromatic nitrogens is 2. The van der Waals surface area contributed by atoms with Gasteiger partial charge in [0.2, 0.25) is 0 Å². The molecular weight excluding hydrogens is 252 g/mol. The molecule has 0 bridgehead atoms. The van der Waals surface area contributed by atoms with Gasteiger partial charge in [0.25, 0.3) is 0 Å². The van der Waals surface area contributed by atoms with Gasteiger partial charge in [0.05, 0.1) is 17.4 Å². The number of fused-ring (bicyclic) bond motifs is 1. The molecule has 20 heavy (non-hydrogen) atoms. The highest BCUT2D eigenvalue weighted by Gasteiger charge is 2.33. The summed E-state index contributed by atoms with van der Waals surface area (Å²) in [6, 6.07) is 0. The first-order valence-electron chi connectivity index (χ1n) is 7.39. The number of hydrogen-bond acceptors (Lipinski definition) is 5. The Morgan fingerprint density at radius 2 is 2.15 bits per heavy atom. The molecule has 1 saturated heterocycles. The van der Waals surface area contributed by atoms with Gasteiger partial charge in [0.15, 0.2) is 0 Å². The maximum absolute atomic E-state index is 6.00. The Morgan fingerprint density at radius 3 is 2.90 bits per heavy atom. The highest BCUT2D eigenvalue weighted by molar-refractivity contribution is 5.50. The molecule has 5 heteroatoms. The largest absolute Gasteiger partial charge is 0.369 e. The summed E-state index contributed by atoms with van der Waals surface area (Å²) in [7, 11) is 2.16. The van der Waals surface area contributed by atoms with E-state index in [4.69, 9.17) is 4.74 Å². The second-order valence-corrected chi connectivity index (χ2v) is 6.68. The molecule has 0 aliphatic carbocycles. The molecule has 1 atom stereocenters.